The van der Waals surface area contributed by atoms with Gasteiger partial charge in [-0.05, 0) is 76.9 Å². The van der Waals surface area contributed by atoms with Crippen LogP contribution in [0.4, 0.5) is 11.4 Å². The third kappa shape index (κ3) is 5.04. The number of anilines is 2. The average molecular weight is 575 g/mol. The zero-order chi connectivity index (χ0) is 28.6. The molecule has 2 aliphatic rings. The number of halogens is 1. The first-order valence-corrected chi connectivity index (χ1v) is 14.6. The topological polar surface area (TPSA) is 64.8 Å². The lowest BCUT2D eigenvalue weighted by atomic mass is 9.99. The Balaban J connectivity index is 1.33. The standard InChI is InChI=1S/C35H31ClN4O2/c1-23-35-28(20-33(42-35)24-6-8-29(36)9-7-24)18-27-19-30(39-16-14-37-15-17-39)10-11-32(27)40(23)22-26-4-2-3-5-31(26)25-12-13-38-34(41)21-25/h2-13,19-21,37H,1,14-18,22H2,(H,38,41). The van der Waals surface area contributed by atoms with Gasteiger partial charge in [0.05, 0.1) is 5.70 Å². The number of nitrogens with one attached hydrogen (secondary N) is 1. The van der Waals surface area contributed by atoms with E-state index >= 15 is 0 Å². The molecule has 7 rings (SSSR count). The second-order valence-corrected chi connectivity index (χ2v) is 11.2. The molecule has 7 heteroatoms. The summed E-state index contributed by atoms with van der Waals surface area (Å²) in [6.07, 6.45) is 2.36. The Morgan fingerprint density at radius 2 is 1.71 bits per heavy atom. The number of benzene rings is 3. The first-order valence-electron chi connectivity index (χ1n) is 14.2. The maximum absolute atomic E-state index is 10.1. The number of furan rings is 1. The van der Waals surface area contributed by atoms with Crippen LogP contribution >= 0.6 is 11.6 Å². The molecule has 2 aromatic heterocycles. The molecule has 0 aliphatic carbocycles. The van der Waals surface area contributed by atoms with Crippen LogP contribution in [0.1, 0.15) is 22.5 Å². The van der Waals surface area contributed by atoms with Crippen molar-refractivity contribution in [3.8, 4) is 28.3 Å². The van der Waals surface area contributed by atoms with Crippen LogP contribution in [0.2, 0.25) is 5.02 Å². The van der Waals surface area contributed by atoms with Gasteiger partial charge in [-0.2, -0.15) is 0 Å². The fraction of sp³-hybridized carbons (Fsp3) is 0.171. The number of hydrogen-bond donors (Lipinski definition) is 2. The van der Waals surface area contributed by atoms with Crippen LogP contribution in [-0.2, 0) is 13.0 Å². The van der Waals surface area contributed by atoms with Crippen LogP contribution in [0.5, 0.6) is 5.88 Å². The monoisotopic (exact) mass is 574 g/mol. The summed E-state index contributed by atoms with van der Waals surface area (Å²) in [7, 11) is 0. The quantitative estimate of drug-likeness (QED) is 0.229. The van der Waals surface area contributed by atoms with E-state index in [-0.39, 0.29) is 5.88 Å². The molecule has 5 aromatic rings. The van der Waals surface area contributed by atoms with E-state index < -0.39 is 0 Å². The van der Waals surface area contributed by atoms with E-state index in [1.54, 1.807) is 12.3 Å². The van der Waals surface area contributed by atoms with Crippen molar-refractivity contribution in [2.24, 2.45) is 0 Å². The zero-order valence-corrected chi connectivity index (χ0v) is 23.9. The number of aromatic hydroxyl groups is 1. The summed E-state index contributed by atoms with van der Waals surface area (Å²) in [4.78, 5) is 8.68. The highest BCUT2D eigenvalue weighted by atomic mass is 35.5. The highest BCUT2D eigenvalue weighted by Gasteiger charge is 2.28. The fourth-order valence-electron chi connectivity index (χ4n) is 6.01. The van der Waals surface area contributed by atoms with E-state index in [1.807, 2.05) is 42.5 Å². The third-order valence-corrected chi connectivity index (χ3v) is 8.40. The van der Waals surface area contributed by atoms with Gasteiger partial charge in [0, 0.05) is 78.9 Å². The lowest BCUT2D eigenvalue weighted by molar-refractivity contribution is 0.454. The number of rotatable bonds is 5. The van der Waals surface area contributed by atoms with Crippen LogP contribution in [0, 0.1) is 0 Å². The van der Waals surface area contributed by atoms with E-state index in [1.165, 1.54) is 11.3 Å². The number of nitrogens with zero attached hydrogens (tertiary/aromatic N) is 3. The molecule has 6 nitrogen and oxygen atoms in total. The summed E-state index contributed by atoms with van der Waals surface area (Å²) in [6, 6.07) is 28.6. The van der Waals surface area contributed by atoms with E-state index in [0.717, 1.165) is 83.3 Å². The Bertz CT molecular complexity index is 1770. The van der Waals surface area contributed by atoms with Gasteiger partial charge in [-0.1, -0.05) is 42.4 Å². The predicted molar refractivity (Wildman–Crippen MR) is 170 cm³/mol. The molecule has 210 valence electrons. The molecule has 0 atom stereocenters. The Hall–Kier alpha value is -4.52. The van der Waals surface area contributed by atoms with Crippen molar-refractivity contribution in [2.45, 2.75) is 13.0 Å². The first kappa shape index (κ1) is 26.4. The Labute approximate surface area is 250 Å². The average Bonchev–Trinajstić information content (AvgIpc) is 3.40. The van der Waals surface area contributed by atoms with Crippen LogP contribution in [-0.4, -0.2) is 36.3 Å². The second-order valence-electron chi connectivity index (χ2n) is 10.8. The van der Waals surface area contributed by atoms with Crippen LogP contribution < -0.4 is 15.1 Å². The van der Waals surface area contributed by atoms with Gasteiger partial charge >= 0.3 is 0 Å². The molecule has 1 saturated heterocycles. The highest BCUT2D eigenvalue weighted by molar-refractivity contribution is 6.30. The van der Waals surface area contributed by atoms with Crippen molar-refractivity contribution in [1.82, 2.24) is 10.3 Å². The minimum Gasteiger partial charge on any atom is -0.493 e. The molecule has 0 spiro atoms. The SMILES string of the molecule is C=C1c2oc(-c3ccc(Cl)cc3)cc2Cc2cc(N3CCNCC3)ccc2N1Cc1ccccc1-c1ccnc(O)c1. The van der Waals surface area contributed by atoms with E-state index in [0.29, 0.717) is 11.6 Å². The van der Waals surface area contributed by atoms with Crippen molar-refractivity contribution >= 4 is 28.7 Å². The number of aromatic nitrogens is 1. The summed E-state index contributed by atoms with van der Waals surface area (Å²) < 4.78 is 6.56. The third-order valence-electron chi connectivity index (χ3n) is 8.14. The second kappa shape index (κ2) is 11.0. The van der Waals surface area contributed by atoms with Crippen molar-refractivity contribution in [2.75, 3.05) is 36.0 Å². The van der Waals surface area contributed by atoms with Crippen molar-refractivity contribution in [1.29, 1.82) is 0 Å². The molecule has 42 heavy (non-hydrogen) atoms. The van der Waals surface area contributed by atoms with Gasteiger partial charge in [-0.3, -0.25) is 0 Å². The normalized spacial score (nSPS) is 14.8. The maximum Gasteiger partial charge on any atom is 0.211 e. The molecule has 4 heterocycles. The van der Waals surface area contributed by atoms with Crippen molar-refractivity contribution < 1.29 is 9.52 Å². The molecular weight excluding hydrogens is 544 g/mol. The van der Waals surface area contributed by atoms with E-state index in [9.17, 15) is 5.11 Å². The molecule has 2 aliphatic heterocycles. The molecule has 3 aromatic carbocycles. The van der Waals surface area contributed by atoms with E-state index in [2.05, 4.69) is 63.1 Å². The Morgan fingerprint density at radius 1 is 0.905 bits per heavy atom. The molecule has 2 N–H and O–H groups in total. The van der Waals surface area contributed by atoms with Gasteiger partial charge in [-0.15, -0.1) is 0 Å². The van der Waals surface area contributed by atoms with Crippen LogP contribution in [0.15, 0.2) is 102 Å². The summed E-state index contributed by atoms with van der Waals surface area (Å²) in [5.41, 5.74) is 9.53. The van der Waals surface area contributed by atoms with Crippen LogP contribution in [0.25, 0.3) is 28.1 Å². The summed E-state index contributed by atoms with van der Waals surface area (Å²) >= 11 is 6.17. The predicted octanol–water partition coefficient (Wildman–Crippen LogP) is 7.36. The smallest absolute Gasteiger partial charge is 0.211 e. The number of piperazine rings is 1. The minimum absolute atomic E-state index is 0.00206. The molecule has 0 amide bonds. The summed E-state index contributed by atoms with van der Waals surface area (Å²) in [6.45, 7) is 9.10. The van der Waals surface area contributed by atoms with Crippen LogP contribution in [0.3, 0.4) is 0 Å². The zero-order valence-electron chi connectivity index (χ0n) is 23.2. The molecule has 0 bridgehead atoms. The minimum atomic E-state index is 0.00206. The van der Waals surface area contributed by atoms with Gasteiger partial charge < -0.3 is 24.6 Å². The maximum atomic E-state index is 10.1. The van der Waals surface area contributed by atoms with Gasteiger partial charge in [0.2, 0.25) is 5.88 Å². The molecule has 1 fully saturated rings. The Kier molecular flexibility index (Phi) is 6.94. The van der Waals surface area contributed by atoms with Gasteiger partial charge in [0.15, 0.2) is 5.76 Å². The Morgan fingerprint density at radius 3 is 2.52 bits per heavy atom. The van der Waals surface area contributed by atoms with Crippen molar-refractivity contribution in [3.63, 3.8) is 0 Å². The highest BCUT2D eigenvalue weighted by Crippen LogP contribution is 2.42. The van der Waals surface area contributed by atoms with E-state index in [4.69, 9.17) is 16.0 Å². The van der Waals surface area contributed by atoms with Gasteiger partial charge in [0.1, 0.15) is 5.76 Å². The lowest BCUT2D eigenvalue weighted by Crippen LogP contribution is -2.43. The number of hydrogen-bond acceptors (Lipinski definition) is 6. The molecule has 0 saturated carbocycles. The van der Waals surface area contributed by atoms with Crippen molar-refractivity contribution in [3.05, 3.63) is 125 Å². The fourth-order valence-corrected chi connectivity index (χ4v) is 6.13. The molecule has 0 radical (unpaired) electrons. The number of fused-ring (bicyclic) bond motifs is 2. The van der Waals surface area contributed by atoms with Gasteiger partial charge in [-0.25, -0.2) is 4.98 Å². The van der Waals surface area contributed by atoms with Gasteiger partial charge in [0.25, 0.3) is 0 Å². The molecule has 0 unspecified atom stereocenters. The number of pyridine rings is 1. The summed E-state index contributed by atoms with van der Waals surface area (Å²) in [5, 5.41) is 14.2. The molecular formula is C35H31ClN4O2. The lowest BCUT2D eigenvalue weighted by Gasteiger charge is -2.31. The summed E-state index contributed by atoms with van der Waals surface area (Å²) in [5.74, 6) is 1.59. The largest absolute Gasteiger partial charge is 0.493 e. The first-order chi connectivity index (χ1) is 20.5.